The number of nitrogens with two attached hydrogens (primary N) is 1. The van der Waals surface area contributed by atoms with E-state index in [1.807, 2.05) is 24.3 Å². The Hall–Kier alpha value is -4.08. The smallest absolute Gasteiger partial charge is 0.269 e. The van der Waals surface area contributed by atoms with Crippen LogP contribution in [-0.2, 0) is 0 Å². The molecule has 0 unspecified atom stereocenters. The fraction of sp³-hybridized carbons (Fsp3) is 0.227. The van der Waals surface area contributed by atoms with E-state index in [9.17, 15) is 9.18 Å². The molecule has 0 saturated carbocycles. The molecular formula is C22H24FN7O2. The maximum atomic E-state index is 13.0. The summed E-state index contributed by atoms with van der Waals surface area (Å²) < 4.78 is 18.3. The van der Waals surface area contributed by atoms with E-state index < -0.39 is 11.7 Å². The number of hydrazine groups is 1. The third-order valence-corrected chi connectivity index (χ3v) is 5.28. The maximum absolute atomic E-state index is 13.0. The lowest BCUT2D eigenvalue weighted by molar-refractivity contribution is 0.0962. The first-order valence-electron chi connectivity index (χ1n) is 10.1. The highest BCUT2D eigenvalue weighted by molar-refractivity contribution is 5.95. The van der Waals surface area contributed by atoms with Crippen LogP contribution in [0.25, 0.3) is 0 Å². The number of ether oxygens (including phenoxy) is 1. The molecule has 1 aliphatic rings. The van der Waals surface area contributed by atoms with Gasteiger partial charge in [0.15, 0.2) is 11.6 Å². The van der Waals surface area contributed by atoms with Gasteiger partial charge in [-0.05, 0) is 48.5 Å². The number of nitrogen functional groups attached to an aromatic ring is 1. The third kappa shape index (κ3) is 4.64. The van der Waals surface area contributed by atoms with Gasteiger partial charge in [-0.25, -0.2) is 14.4 Å². The molecule has 9 nitrogen and oxygen atoms in total. The van der Waals surface area contributed by atoms with Gasteiger partial charge < -0.3 is 20.3 Å². The monoisotopic (exact) mass is 437 g/mol. The Morgan fingerprint density at radius 2 is 1.66 bits per heavy atom. The van der Waals surface area contributed by atoms with Crippen LogP contribution in [0.5, 0.6) is 5.75 Å². The van der Waals surface area contributed by atoms with Gasteiger partial charge in [0.1, 0.15) is 23.6 Å². The van der Waals surface area contributed by atoms with Crippen LogP contribution >= 0.6 is 0 Å². The number of carbonyl (C=O) groups is 1. The van der Waals surface area contributed by atoms with Crippen molar-refractivity contribution in [1.82, 2.24) is 15.4 Å². The molecule has 2 heterocycles. The average Bonchev–Trinajstić information content (AvgIpc) is 2.84. The number of rotatable bonds is 6. The molecule has 4 N–H and O–H groups in total. The number of piperazine rings is 1. The van der Waals surface area contributed by atoms with Crippen molar-refractivity contribution in [2.45, 2.75) is 0 Å². The lowest BCUT2D eigenvalue weighted by Crippen LogP contribution is -2.47. The number of carbonyl (C=O) groups excluding carboxylic acids is 1. The molecule has 1 amide bonds. The summed E-state index contributed by atoms with van der Waals surface area (Å²) in [6, 6.07) is 13.2. The maximum Gasteiger partial charge on any atom is 0.269 e. The van der Waals surface area contributed by atoms with Crippen LogP contribution in [-0.4, -0.2) is 49.2 Å². The molecule has 32 heavy (non-hydrogen) atoms. The van der Waals surface area contributed by atoms with E-state index in [1.54, 1.807) is 7.11 Å². The number of methoxy groups -OCH3 is 1. The molecule has 0 aliphatic carbocycles. The van der Waals surface area contributed by atoms with Crippen LogP contribution < -0.4 is 31.1 Å². The highest BCUT2D eigenvalue weighted by Gasteiger charge is 2.22. The molecule has 1 aliphatic heterocycles. The first kappa shape index (κ1) is 21.2. The SMILES string of the molecule is COc1ccc(N2CCN(c3ncnc(NNC(=O)c4ccc(F)cc4)c3N)CC2)cc1. The Morgan fingerprint density at radius 1 is 1.00 bits per heavy atom. The van der Waals surface area contributed by atoms with Crippen molar-refractivity contribution in [2.24, 2.45) is 0 Å². The molecule has 0 spiro atoms. The highest BCUT2D eigenvalue weighted by Crippen LogP contribution is 2.28. The number of hydrogen-bond acceptors (Lipinski definition) is 8. The number of hydrogen-bond donors (Lipinski definition) is 3. The molecular weight excluding hydrogens is 413 g/mol. The molecule has 1 aromatic heterocycles. The first-order chi connectivity index (χ1) is 15.5. The largest absolute Gasteiger partial charge is 0.497 e. The minimum absolute atomic E-state index is 0.294. The van der Waals surface area contributed by atoms with Gasteiger partial charge in [0.2, 0.25) is 0 Å². The second-order valence-corrected chi connectivity index (χ2v) is 7.22. The Balaban J connectivity index is 1.38. The summed E-state index contributed by atoms with van der Waals surface area (Å²) in [5, 5.41) is 0. The second-order valence-electron chi connectivity index (χ2n) is 7.22. The summed E-state index contributed by atoms with van der Waals surface area (Å²) in [5.74, 6) is 0.882. The highest BCUT2D eigenvalue weighted by atomic mass is 19.1. The fourth-order valence-corrected chi connectivity index (χ4v) is 3.50. The molecule has 3 aromatic rings. The Kier molecular flexibility index (Phi) is 6.20. The summed E-state index contributed by atoms with van der Waals surface area (Å²) in [4.78, 5) is 25.1. The van der Waals surface area contributed by atoms with Crippen LogP contribution in [0.1, 0.15) is 10.4 Å². The number of nitrogens with one attached hydrogen (secondary N) is 2. The Labute approximate surface area is 185 Å². The number of amides is 1. The molecule has 10 heteroatoms. The molecule has 166 valence electrons. The van der Waals surface area contributed by atoms with Gasteiger partial charge in [0.25, 0.3) is 5.91 Å². The number of anilines is 4. The van der Waals surface area contributed by atoms with Gasteiger partial charge in [-0.3, -0.25) is 15.6 Å². The lowest BCUT2D eigenvalue weighted by Gasteiger charge is -2.37. The van der Waals surface area contributed by atoms with Crippen molar-refractivity contribution < 1.29 is 13.9 Å². The second kappa shape index (κ2) is 9.38. The van der Waals surface area contributed by atoms with Crippen molar-refractivity contribution in [3.8, 4) is 5.75 Å². The molecule has 1 saturated heterocycles. The first-order valence-corrected chi connectivity index (χ1v) is 10.1. The van der Waals surface area contributed by atoms with Crippen LogP contribution in [0.4, 0.5) is 27.4 Å². The van der Waals surface area contributed by atoms with Crippen molar-refractivity contribution >= 4 is 28.9 Å². The van der Waals surface area contributed by atoms with E-state index >= 15 is 0 Å². The quantitative estimate of drug-likeness (QED) is 0.504. The zero-order chi connectivity index (χ0) is 22.5. The standard InChI is InChI=1S/C22H24FN7O2/c1-32-18-8-6-17(7-9-18)29-10-12-30(13-11-29)21-19(24)20(25-14-26-21)27-28-22(31)15-2-4-16(23)5-3-15/h2-9,14H,10-13,24H2,1H3,(H,28,31)(H,25,26,27). The molecule has 0 atom stereocenters. The van der Waals surface area contributed by atoms with Crippen molar-refractivity contribution in [3.63, 3.8) is 0 Å². The van der Waals surface area contributed by atoms with Crippen molar-refractivity contribution in [2.75, 3.05) is 54.2 Å². The summed E-state index contributed by atoms with van der Waals surface area (Å²) in [6.07, 6.45) is 1.40. The van der Waals surface area contributed by atoms with Gasteiger partial charge in [0.05, 0.1) is 7.11 Å². The predicted molar refractivity (Wildman–Crippen MR) is 121 cm³/mol. The number of nitrogens with zero attached hydrogens (tertiary/aromatic N) is 4. The predicted octanol–water partition coefficient (Wildman–Crippen LogP) is 2.29. The van der Waals surface area contributed by atoms with E-state index in [1.165, 1.54) is 30.6 Å². The Morgan fingerprint density at radius 3 is 2.31 bits per heavy atom. The van der Waals surface area contributed by atoms with Gasteiger partial charge in [-0.2, -0.15) is 0 Å². The summed E-state index contributed by atoms with van der Waals surface area (Å²) in [6.45, 7) is 3.07. The molecule has 2 aromatic carbocycles. The van der Waals surface area contributed by atoms with E-state index in [-0.39, 0.29) is 0 Å². The van der Waals surface area contributed by atoms with Gasteiger partial charge in [0, 0.05) is 37.4 Å². The Bertz CT molecular complexity index is 1070. The van der Waals surface area contributed by atoms with Crippen LogP contribution in [0, 0.1) is 5.82 Å². The van der Waals surface area contributed by atoms with Gasteiger partial charge in [-0.1, -0.05) is 0 Å². The van der Waals surface area contributed by atoms with E-state index in [2.05, 4.69) is 30.6 Å². The zero-order valence-corrected chi connectivity index (χ0v) is 17.6. The number of halogens is 1. The van der Waals surface area contributed by atoms with E-state index in [4.69, 9.17) is 10.5 Å². The fourth-order valence-electron chi connectivity index (χ4n) is 3.50. The summed E-state index contributed by atoms with van der Waals surface area (Å²) in [7, 11) is 1.65. The molecule has 0 bridgehead atoms. The number of benzene rings is 2. The summed E-state index contributed by atoms with van der Waals surface area (Å²) >= 11 is 0. The summed E-state index contributed by atoms with van der Waals surface area (Å²) in [5.41, 5.74) is 13.3. The molecule has 0 radical (unpaired) electrons. The molecule has 4 rings (SSSR count). The third-order valence-electron chi connectivity index (χ3n) is 5.28. The van der Waals surface area contributed by atoms with Crippen molar-refractivity contribution in [3.05, 3.63) is 66.2 Å². The minimum atomic E-state index is -0.433. The van der Waals surface area contributed by atoms with Gasteiger partial charge in [-0.15, -0.1) is 0 Å². The number of aromatic nitrogens is 2. The van der Waals surface area contributed by atoms with E-state index in [0.29, 0.717) is 22.9 Å². The minimum Gasteiger partial charge on any atom is -0.497 e. The van der Waals surface area contributed by atoms with Crippen LogP contribution in [0.15, 0.2) is 54.9 Å². The van der Waals surface area contributed by atoms with Gasteiger partial charge >= 0.3 is 0 Å². The van der Waals surface area contributed by atoms with Crippen molar-refractivity contribution in [1.29, 1.82) is 0 Å². The van der Waals surface area contributed by atoms with Crippen LogP contribution in [0.3, 0.4) is 0 Å². The zero-order valence-electron chi connectivity index (χ0n) is 17.6. The molecule has 1 fully saturated rings. The normalized spacial score (nSPS) is 13.6. The average molecular weight is 437 g/mol. The topological polar surface area (TPSA) is 109 Å². The lowest BCUT2D eigenvalue weighted by atomic mass is 10.2. The van der Waals surface area contributed by atoms with Crippen LogP contribution in [0.2, 0.25) is 0 Å². The van der Waals surface area contributed by atoms with E-state index in [0.717, 1.165) is 37.6 Å².